The lowest BCUT2D eigenvalue weighted by molar-refractivity contribution is -0.930. The molecule has 3 atom stereocenters. The monoisotopic (exact) mass is 216 g/mol. The van der Waals surface area contributed by atoms with Crippen LogP contribution in [0.1, 0.15) is 37.2 Å². The summed E-state index contributed by atoms with van der Waals surface area (Å²) in [7, 11) is 4.87. The van der Waals surface area contributed by atoms with Crippen molar-refractivity contribution in [2.75, 3.05) is 14.1 Å². The molecule has 1 unspecified atom stereocenters. The minimum absolute atomic E-state index is 0.824. The maximum absolute atomic E-state index is 2.43. The molecule has 1 nitrogen and oxygen atoms in total. The molecule has 2 fully saturated rings. The number of hydrogen-bond acceptors (Lipinski definition) is 0. The number of piperidine rings is 1. The fraction of sp³-hybridized carbons (Fsp3) is 0.600. The van der Waals surface area contributed by atoms with Crippen molar-refractivity contribution in [1.29, 1.82) is 0 Å². The third-order valence-corrected chi connectivity index (χ3v) is 5.10. The van der Waals surface area contributed by atoms with Crippen LogP contribution in [0.2, 0.25) is 0 Å². The van der Waals surface area contributed by atoms with Gasteiger partial charge in [-0.05, 0) is 11.5 Å². The van der Waals surface area contributed by atoms with Gasteiger partial charge in [0.25, 0.3) is 0 Å². The van der Waals surface area contributed by atoms with Crippen LogP contribution in [0.3, 0.4) is 0 Å². The summed E-state index contributed by atoms with van der Waals surface area (Å²) >= 11 is 0. The summed E-state index contributed by atoms with van der Waals surface area (Å²) in [6.45, 7) is 0. The first-order valence-electron chi connectivity index (χ1n) is 6.56. The maximum Gasteiger partial charge on any atom is 0.0896 e. The average Bonchev–Trinajstić information content (AvgIpc) is 2.51. The minimum atomic E-state index is 0.824. The van der Waals surface area contributed by atoms with E-state index in [0.717, 1.165) is 18.0 Å². The summed E-state index contributed by atoms with van der Waals surface area (Å²) in [6, 6.07) is 12.9. The molecule has 16 heavy (non-hydrogen) atoms. The summed E-state index contributed by atoms with van der Waals surface area (Å²) in [6.07, 6.45) is 5.68. The van der Waals surface area contributed by atoms with Gasteiger partial charge in [0.15, 0.2) is 0 Å². The Morgan fingerprint density at radius 2 is 1.50 bits per heavy atom. The molecule has 0 radical (unpaired) electrons. The second kappa shape index (κ2) is 3.59. The zero-order chi connectivity index (χ0) is 11.2. The zero-order valence-corrected chi connectivity index (χ0v) is 10.4. The number of quaternary nitrogens is 1. The van der Waals surface area contributed by atoms with Gasteiger partial charge in [-0.2, -0.15) is 0 Å². The van der Waals surface area contributed by atoms with Gasteiger partial charge in [-0.15, -0.1) is 0 Å². The van der Waals surface area contributed by atoms with Crippen molar-refractivity contribution in [1.82, 2.24) is 0 Å². The van der Waals surface area contributed by atoms with E-state index in [9.17, 15) is 0 Å². The summed E-state index contributed by atoms with van der Waals surface area (Å²) < 4.78 is 1.28. The highest BCUT2D eigenvalue weighted by Crippen LogP contribution is 2.45. The van der Waals surface area contributed by atoms with Crippen molar-refractivity contribution >= 4 is 0 Å². The molecule has 86 valence electrons. The van der Waals surface area contributed by atoms with Crippen LogP contribution in [0.15, 0.2) is 30.3 Å². The predicted molar refractivity (Wildman–Crippen MR) is 67.3 cm³/mol. The fourth-order valence-electron chi connectivity index (χ4n) is 3.88. The van der Waals surface area contributed by atoms with Gasteiger partial charge in [0, 0.05) is 25.7 Å². The third-order valence-electron chi connectivity index (χ3n) is 5.10. The molecule has 2 aliphatic heterocycles. The van der Waals surface area contributed by atoms with E-state index in [0.29, 0.717) is 0 Å². The third kappa shape index (κ3) is 1.49. The summed E-state index contributed by atoms with van der Waals surface area (Å²) in [4.78, 5) is 0. The molecule has 2 heterocycles. The van der Waals surface area contributed by atoms with E-state index in [1.165, 1.54) is 30.2 Å². The SMILES string of the molecule is C[N+]1(C)[C@@H]2CC[C@H]1CC(c1ccccc1)C2. The van der Waals surface area contributed by atoms with Gasteiger partial charge >= 0.3 is 0 Å². The van der Waals surface area contributed by atoms with E-state index >= 15 is 0 Å². The van der Waals surface area contributed by atoms with Gasteiger partial charge in [0.1, 0.15) is 0 Å². The first kappa shape index (κ1) is 10.3. The van der Waals surface area contributed by atoms with E-state index < -0.39 is 0 Å². The first-order chi connectivity index (χ1) is 7.68. The molecule has 0 aromatic heterocycles. The van der Waals surface area contributed by atoms with Crippen LogP contribution in [-0.4, -0.2) is 30.7 Å². The summed E-state index contributed by atoms with van der Waals surface area (Å²) in [5, 5.41) is 0. The highest BCUT2D eigenvalue weighted by atomic mass is 15.4. The highest BCUT2D eigenvalue weighted by molar-refractivity contribution is 5.20. The van der Waals surface area contributed by atoms with Crippen molar-refractivity contribution in [3.8, 4) is 0 Å². The molecule has 0 spiro atoms. The van der Waals surface area contributed by atoms with Crippen molar-refractivity contribution in [3.05, 3.63) is 35.9 Å². The molecule has 1 aromatic carbocycles. The van der Waals surface area contributed by atoms with Gasteiger partial charge in [-0.3, -0.25) is 0 Å². The Morgan fingerprint density at radius 3 is 2.06 bits per heavy atom. The van der Waals surface area contributed by atoms with Crippen LogP contribution in [0.5, 0.6) is 0 Å². The Morgan fingerprint density at radius 1 is 0.938 bits per heavy atom. The highest BCUT2D eigenvalue weighted by Gasteiger charge is 2.48. The number of nitrogens with zero attached hydrogens (tertiary/aromatic N) is 1. The normalized spacial score (nSPS) is 36.2. The van der Waals surface area contributed by atoms with Crippen LogP contribution < -0.4 is 0 Å². The molecule has 0 N–H and O–H groups in total. The molecular formula is C15H22N+. The molecule has 1 heteroatoms. The Hall–Kier alpha value is -0.820. The van der Waals surface area contributed by atoms with E-state index in [2.05, 4.69) is 44.4 Å². The quantitative estimate of drug-likeness (QED) is 0.633. The number of rotatable bonds is 1. The van der Waals surface area contributed by atoms with Gasteiger partial charge < -0.3 is 4.48 Å². The molecule has 2 saturated heterocycles. The first-order valence-corrected chi connectivity index (χ1v) is 6.56. The van der Waals surface area contributed by atoms with Crippen LogP contribution >= 0.6 is 0 Å². The van der Waals surface area contributed by atoms with Crippen LogP contribution in [-0.2, 0) is 0 Å². The van der Waals surface area contributed by atoms with E-state index in [1.807, 2.05) is 0 Å². The Bertz CT molecular complexity index is 352. The van der Waals surface area contributed by atoms with Crippen LogP contribution in [0.4, 0.5) is 0 Å². The van der Waals surface area contributed by atoms with Crippen molar-refractivity contribution in [2.45, 2.75) is 43.7 Å². The summed E-state index contributed by atoms with van der Waals surface area (Å²) in [5.74, 6) is 0.824. The number of fused-ring (bicyclic) bond motifs is 2. The Kier molecular flexibility index (Phi) is 2.32. The van der Waals surface area contributed by atoms with Crippen molar-refractivity contribution < 1.29 is 4.48 Å². The predicted octanol–water partition coefficient (Wildman–Crippen LogP) is 3.17. The molecule has 0 saturated carbocycles. The zero-order valence-electron chi connectivity index (χ0n) is 10.4. The second-order valence-corrected chi connectivity index (χ2v) is 6.09. The molecule has 2 bridgehead atoms. The molecule has 3 rings (SSSR count). The Labute approximate surface area is 98.7 Å². The molecular weight excluding hydrogens is 194 g/mol. The molecule has 0 aliphatic carbocycles. The molecule has 0 amide bonds. The van der Waals surface area contributed by atoms with E-state index in [4.69, 9.17) is 0 Å². The van der Waals surface area contributed by atoms with E-state index in [1.54, 1.807) is 5.56 Å². The topological polar surface area (TPSA) is 0 Å². The van der Waals surface area contributed by atoms with Gasteiger partial charge in [0.05, 0.1) is 26.2 Å². The summed E-state index contributed by atoms with van der Waals surface area (Å²) in [5.41, 5.74) is 1.57. The van der Waals surface area contributed by atoms with E-state index in [-0.39, 0.29) is 0 Å². The maximum atomic E-state index is 2.43. The van der Waals surface area contributed by atoms with Gasteiger partial charge in [-0.1, -0.05) is 30.3 Å². The van der Waals surface area contributed by atoms with Gasteiger partial charge in [-0.25, -0.2) is 0 Å². The lowest BCUT2D eigenvalue weighted by Gasteiger charge is -2.44. The standard InChI is InChI=1S/C15H22N/c1-16(2)14-8-9-15(16)11-13(10-14)12-6-4-3-5-7-12/h3-7,13-15H,8-11H2,1-2H3/q+1/t13?,14-,15+. The average molecular weight is 216 g/mol. The number of benzene rings is 1. The lowest BCUT2D eigenvalue weighted by atomic mass is 9.84. The van der Waals surface area contributed by atoms with Crippen LogP contribution in [0.25, 0.3) is 0 Å². The lowest BCUT2D eigenvalue weighted by Crippen LogP contribution is -2.54. The Balaban J connectivity index is 1.84. The molecule has 1 aromatic rings. The minimum Gasteiger partial charge on any atom is -0.324 e. The smallest absolute Gasteiger partial charge is 0.0896 e. The van der Waals surface area contributed by atoms with Crippen molar-refractivity contribution in [3.63, 3.8) is 0 Å². The second-order valence-electron chi connectivity index (χ2n) is 6.09. The molecule has 2 aliphatic rings. The van der Waals surface area contributed by atoms with Crippen molar-refractivity contribution in [2.24, 2.45) is 0 Å². The van der Waals surface area contributed by atoms with Crippen LogP contribution in [0, 0.1) is 0 Å². The largest absolute Gasteiger partial charge is 0.324 e. The fourth-order valence-corrected chi connectivity index (χ4v) is 3.88. The van der Waals surface area contributed by atoms with Gasteiger partial charge in [0.2, 0.25) is 0 Å². The number of hydrogen-bond donors (Lipinski definition) is 0.